The quantitative estimate of drug-likeness (QED) is 0.343. The molecule has 3 heterocycles. The molecular formula is C25H26N6O2S. The first kappa shape index (κ1) is 22.2. The number of allylic oxidation sites excluding steroid dienone is 1. The van der Waals surface area contributed by atoms with Gasteiger partial charge in [-0.3, -0.25) is 23.5 Å². The maximum absolute atomic E-state index is 13.0. The second kappa shape index (κ2) is 9.36. The van der Waals surface area contributed by atoms with Crippen molar-refractivity contribution in [3.8, 4) is 0 Å². The van der Waals surface area contributed by atoms with Gasteiger partial charge in [-0.05, 0) is 49.3 Å². The highest BCUT2D eigenvalue weighted by molar-refractivity contribution is 7.71. The first-order valence-corrected chi connectivity index (χ1v) is 11.8. The van der Waals surface area contributed by atoms with Crippen LogP contribution in [0.2, 0.25) is 0 Å². The highest BCUT2D eigenvalue weighted by Gasteiger charge is 2.23. The number of rotatable bonds is 6. The van der Waals surface area contributed by atoms with Gasteiger partial charge in [0, 0.05) is 31.2 Å². The molecule has 0 radical (unpaired) electrons. The number of likely N-dealkylation sites (tertiary alicyclic amines) is 1. The van der Waals surface area contributed by atoms with Gasteiger partial charge in [0.2, 0.25) is 10.5 Å². The number of nitrogens with one attached hydrogen (secondary N) is 1. The third-order valence-electron chi connectivity index (χ3n) is 6.29. The first-order valence-electron chi connectivity index (χ1n) is 11.4. The molecule has 1 aliphatic rings. The number of nitrogens with zero attached hydrogens (tertiary/aromatic N) is 5. The number of carbonyl (C=O) groups excluding carboxylic acids is 1. The van der Waals surface area contributed by atoms with Crippen molar-refractivity contribution >= 4 is 34.8 Å². The minimum absolute atomic E-state index is 0.0336. The SMILES string of the molecule is C=CCn1c(=O)c2ccccc2n2c(=S)n(CN3CCC(NC(=O)c4ccccc4)CC3)nc12. The van der Waals surface area contributed by atoms with Crippen LogP contribution in [0.3, 0.4) is 0 Å². The van der Waals surface area contributed by atoms with Crippen LogP contribution in [-0.2, 0) is 13.2 Å². The van der Waals surface area contributed by atoms with Crippen LogP contribution in [0.15, 0.2) is 72.0 Å². The zero-order chi connectivity index (χ0) is 23.7. The molecule has 8 nitrogen and oxygen atoms in total. The van der Waals surface area contributed by atoms with E-state index in [1.807, 2.05) is 59.0 Å². The minimum atomic E-state index is -0.106. The molecule has 0 saturated carbocycles. The number of benzene rings is 2. The lowest BCUT2D eigenvalue weighted by Crippen LogP contribution is -2.45. The lowest BCUT2D eigenvalue weighted by Gasteiger charge is -2.32. The summed E-state index contributed by atoms with van der Waals surface area (Å²) in [6.07, 6.45) is 3.39. The second-order valence-corrected chi connectivity index (χ2v) is 8.88. The normalized spacial score (nSPS) is 15.1. The molecule has 9 heteroatoms. The molecule has 0 bridgehead atoms. The molecule has 0 aliphatic carbocycles. The van der Waals surface area contributed by atoms with Gasteiger partial charge < -0.3 is 5.32 Å². The van der Waals surface area contributed by atoms with Gasteiger partial charge in [-0.25, -0.2) is 4.68 Å². The Kier molecular flexibility index (Phi) is 6.12. The molecule has 0 unspecified atom stereocenters. The van der Waals surface area contributed by atoms with Crippen LogP contribution in [0, 0.1) is 4.77 Å². The van der Waals surface area contributed by atoms with Crippen LogP contribution in [-0.4, -0.2) is 48.7 Å². The number of piperidine rings is 1. The molecular weight excluding hydrogens is 448 g/mol. The smallest absolute Gasteiger partial charge is 0.263 e. The molecule has 1 amide bonds. The molecule has 4 aromatic rings. The summed E-state index contributed by atoms with van der Waals surface area (Å²) in [4.78, 5) is 27.8. The summed E-state index contributed by atoms with van der Waals surface area (Å²) in [5, 5.41) is 8.46. The van der Waals surface area contributed by atoms with E-state index in [4.69, 9.17) is 17.3 Å². The van der Waals surface area contributed by atoms with Crippen molar-refractivity contribution in [2.24, 2.45) is 0 Å². The van der Waals surface area contributed by atoms with Gasteiger partial charge >= 0.3 is 0 Å². The third kappa shape index (κ3) is 4.08. The summed E-state index contributed by atoms with van der Waals surface area (Å²) in [6, 6.07) is 16.9. The van der Waals surface area contributed by atoms with Crippen molar-refractivity contribution in [1.82, 2.24) is 29.0 Å². The van der Waals surface area contributed by atoms with E-state index in [9.17, 15) is 9.59 Å². The van der Waals surface area contributed by atoms with E-state index in [1.54, 1.807) is 15.3 Å². The van der Waals surface area contributed by atoms with E-state index in [1.165, 1.54) is 0 Å². The largest absolute Gasteiger partial charge is 0.349 e. The molecule has 34 heavy (non-hydrogen) atoms. The maximum Gasteiger partial charge on any atom is 0.263 e. The predicted octanol–water partition coefficient (Wildman–Crippen LogP) is 3.22. The van der Waals surface area contributed by atoms with Crippen LogP contribution in [0.5, 0.6) is 0 Å². The minimum Gasteiger partial charge on any atom is -0.349 e. The van der Waals surface area contributed by atoms with Gasteiger partial charge in [-0.2, -0.15) is 0 Å². The predicted molar refractivity (Wildman–Crippen MR) is 134 cm³/mol. The number of amides is 1. The zero-order valence-electron chi connectivity index (χ0n) is 18.8. The molecule has 2 aromatic heterocycles. The Morgan fingerprint density at radius 1 is 1.12 bits per heavy atom. The number of hydrogen-bond acceptors (Lipinski definition) is 5. The van der Waals surface area contributed by atoms with Crippen LogP contribution < -0.4 is 10.9 Å². The molecule has 174 valence electrons. The average Bonchev–Trinajstić information content (AvgIpc) is 3.19. The maximum atomic E-state index is 13.0. The summed E-state index contributed by atoms with van der Waals surface area (Å²) in [7, 11) is 0. The van der Waals surface area contributed by atoms with Crippen molar-refractivity contribution < 1.29 is 4.79 Å². The summed E-state index contributed by atoms with van der Waals surface area (Å²) in [6.45, 7) is 6.29. The van der Waals surface area contributed by atoms with Crippen molar-refractivity contribution in [3.05, 3.63) is 87.9 Å². The topological polar surface area (TPSA) is 76.6 Å². The van der Waals surface area contributed by atoms with Crippen molar-refractivity contribution in [2.75, 3.05) is 13.1 Å². The van der Waals surface area contributed by atoms with Gasteiger partial charge in [0.15, 0.2) is 0 Å². The van der Waals surface area contributed by atoms with E-state index < -0.39 is 0 Å². The van der Waals surface area contributed by atoms with Crippen molar-refractivity contribution in [1.29, 1.82) is 0 Å². The summed E-state index contributed by atoms with van der Waals surface area (Å²) in [5.41, 5.74) is 1.32. The fourth-order valence-corrected chi connectivity index (χ4v) is 4.80. The number of fused-ring (bicyclic) bond motifs is 3. The molecule has 5 rings (SSSR count). The molecule has 2 aromatic carbocycles. The summed E-state index contributed by atoms with van der Waals surface area (Å²) < 4.78 is 5.79. The Balaban J connectivity index is 1.35. The van der Waals surface area contributed by atoms with Crippen LogP contribution in [0.1, 0.15) is 23.2 Å². The first-order chi connectivity index (χ1) is 16.6. The Morgan fingerprint density at radius 3 is 2.56 bits per heavy atom. The van der Waals surface area contributed by atoms with E-state index in [0.29, 0.717) is 34.7 Å². The Bertz CT molecular complexity index is 1480. The highest BCUT2D eigenvalue weighted by atomic mass is 32.1. The van der Waals surface area contributed by atoms with Crippen LogP contribution >= 0.6 is 12.2 Å². The summed E-state index contributed by atoms with van der Waals surface area (Å²) in [5.74, 6) is 0.479. The van der Waals surface area contributed by atoms with Gasteiger partial charge in [0.1, 0.15) is 0 Å². The lowest BCUT2D eigenvalue weighted by molar-refractivity contribution is 0.0896. The van der Waals surface area contributed by atoms with E-state index in [-0.39, 0.29) is 17.5 Å². The van der Waals surface area contributed by atoms with E-state index >= 15 is 0 Å². The molecule has 1 fully saturated rings. The fraction of sp³-hybridized carbons (Fsp3) is 0.280. The molecule has 1 aliphatic heterocycles. The number of hydrogen-bond donors (Lipinski definition) is 1. The van der Waals surface area contributed by atoms with E-state index in [0.717, 1.165) is 31.4 Å². The average molecular weight is 475 g/mol. The number of carbonyl (C=O) groups is 1. The Labute approximate surface area is 201 Å². The highest BCUT2D eigenvalue weighted by Crippen LogP contribution is 2.16. The van der Waals surface area contributed by atoms with E-state index in [2.05, 4.69) is 16.8 Å². The standard InChI is InChI=1S/C25H26N6O2S/c1-2-14-29-23(33)20-10-6-7-11-21(20)31-24(29)27-30(25(31)34)17-28-15-12-19(13-16-28)26-22(32)18-8-4-3-5-9-18/h2-11,19H,1,12-17H2,(H,26,32). The third-order valence-corrected chi connectivity index (χ3v) is 6.68. The van der Waals surface area contributed by atoms with Crippen LogP contribution in [0.25, 0.3) is 16.7 Å². The summed E-state index contributed by atoms with van der Waals surface area (Å²) >= 11 is 5.78. The molecule has 0 spiro atoms. The van der Waals surface area contributed by atoms with Gasteiger partial charge in [-0.15, -0.1) is 11.7 Å². The molecule has 1 N–H and O–H groups in total. The zero-order valence-corrected chi connectivity index (χ0v) is 19.6. The molecule has 0 atom stereocenters. The van der Waals surface area contributed by atoms with Gasteiger partial charge in [-0.1, -0.05) is 36.4 Å². The Hall–Kier alpha value is -3.56. The van der Waals surface area contributed by atoms with Crippen LogP contribution in [0.4, 0.5) is 0 Å². The number of aromatic nitrogens is 4. The fourth-order valence-electron chi connectivity index (χ4n) is 4.52. The number of para-hydroxylation sites is 1. The second-order valence-electron chi connectivity index (χ2n) is 8.51. The van der Waals surface area contributed by atoms with Crippen molar-refractivity contribution in [2.45, 2.75) is 32.1 Å². The monoisotopic (exact) mass is 474 g/mol. The van der Waals surface area contributed by atoms with Gasteiger partial charge in [0.05, 0.1) is 17.6 Å². The van der Waals surface area contributed by atoms with Gasteiger partial charge in [0.25, 0.3) is 11.5 Å². The lowest BCUT2D eigenvalue weighted by atomic mass is 10.0. The Morgan fingerprint density at radius 2 is 1.82 bits per heavy atom. The van der Waals surface area contributed by atoms with Crippen molar-refractivity contribution in [3.63, 3.8) is 0 Å². The molecule has 1 saturated heterocycles.